The molecule has 3 aromatic rings. The van der Waals surface area contributed by atoms with Gasteiger partial charge in [0.15, 0.2) is 11.5 Å². The predicted octanol–water partition coefficient (Wildman–Crippen LogP) is 4.75. The highest BCUT2D eigenvalue weighted by Crippen LogP contribution is 2.26. The summed E-state index contributed by atoms with van der Waals surface area (Å²) in [6.07, 6.45) is 1.70. The van der Waals surface area contributed by atoms with Crippen molar-refractivity contribution in [1.29, 1.82) is 0 Å². The average Bonchev–Trinajstić information content (AvgIpc) is 3.18. The third kappa shape index (κ3) is 4.34. The summed E-state index contributed by atoms with van der Waals surface area (Å²) in [5.74, 6) is 0.906. The quantitative estimate of drug-likeness (QED) is 0.598. The third-order valence-corrected chi connectivity index (χ3v) is 5.18. The van der Waals surface area contributed by atoms with Crippen LogP contribution in [0.1, 0.15) is 46.0 Å². The van der Waals surface area contributed by atoms with Crippen LogP contribution in [0.2, 0.25) is 5.02 Å². The van der Waals surface area contributed by atoms with Crippen molar-refractivity contribution in [1.82, 2.24) is 15.0 Å². The number of aryl methyl sites for hydroxylation is 2. The number of halogens is 1. The van der Waals surface area contributed by atoms with Crippen LogP contribution in [0.25, 0.3) is 0 Å². The molecule has 0 aliphatic heterocycles. The fourth-order valence-electron chi connectivity index (χ4n) is 2.80. The van der Waals surface area contributed by atoms with Crippen molar-refractivity contribution in [3.8, 4) is 5.75 Å². The zero-order chi connectivity index (χ0) is 20.3. The van der Waals surface area contributed by atoms with Crippen LogP contribution in [-0.2, 0) is 6.61 Å². The van der Waals surface area contributed by atoms with Crippen LogP contribution in [0.3, 0.4) is 0 Å². The molecule has 2 aromatic heterocycles. The molecular weight excluding hydrogens is 378 g/mol. The highest BCUT2D eigenvalue weighted by molar-refractivity contribution is 6.32. The van der Waals surface area contributed by atoms with Crippen LogP contribution in [0.15, 0.2) is 47.1 Å². The molecule has 0 aliphatic carbocycles. The summed E-state index contributed by atoms with van der Waals surface area (Å²) in [7, 11) is 1.71. The van der Waals surface area contributed by atoms with Crippen molar-refractivity contribution in [3.63, 3.8) is 0 Å². The van der Waals surface area contributed by atoms with Crippen LogP contribution in [0, 0.1) is 13.8 Å². The number of pyridine rings is 1. The van der Waals surface area contributed by atoms with Crippen molar-refractivity contribution >= 4 is 17.5 Å². The molecule has 3 rings (SSSR count). The molecule has 0 fully saturated rings. The minimum atomic E-state index is -0.244. The number of nitrogens with zero attached hydrogens (tertiary/aromatic N) is 3. The van der Waals surface area contributed by atoms with E-state index in [9.17, 15) is 4.79 Å². The minimum absolute atomic E-state index is 0.167. The highest BCUT2D eigenvalue weighted by atomic mass is 35.5. The van der Waals surface area contributed by atoms with Gasteiger partial charge in [-0.05, 0) is 56.2 Å². The van der Waals surface area contributed by atoms with Gasteiger partial charge in [0.2, 0.25) is 0 Å². The second-order valence-corrected chi connectivity index (χ2v) is 7.06. The number of aromatic nitrogens is 2. The standard InChI is InChI=1S/C21H22ClN3O3/c1-13-9-16(10-14(2)20(13)22)27-12-17-11-19(24-28-17)21(26)25(4)15(3)18-7-5-6-8-23-18/h5-11,15H,12H2,1-4H3/t15-/m0/s1. The Hall–Kier alpha value is -2.86. The Morgan fingerprint density at radius 2 is 1.96 bits per heavy atom. The molecule has 7 heteroatoms. The van der Waals surface area contributed by atoms with E-state index >= 15 is 0 Å². The van der Waals surface area contributed by atoms with Gasteiger partial charge in [-0.3, -0.25) is 9.78 Å². The number of hydrogen-bond donors (Lipinski definition) is 0. The molecule has 146 valence electrons. The largest absolute Gasteiger partial charge is 0.486 e. The van der Waals surface area contributed by atoms with E-state index < -0.39 is 0 Å². The lowest BCUT2D eigenvalue weighted by Crippen LogP contribution is -2.30. The van der Waals surface area contributed by atoms with Crippen LogP contribution < -0.4 is 4.74 Å². The number of hydrogen-bond acceptors (Lipinski definition) is 5. The van der Waals surface area contributed by atoms with Gasteiger partial charge in [-0.25, -0.2) is 0 Å². The Morgan fingerprint density at radius 3 is 2.61 bits per heavy atom. The molecule has 0 spiro atoms. The second kappa shape index (κ2) is 8.44. The van der Waals surface area contributed by atoms with Crippen LogP contribution in [0.5, 0.6) is 5.75 Å². The molecule has 0 saturated heterocycles. The molecule has 6 nitrogen and oxygen atoms in total. The van der Waals surface area contributed by atoms with Crippen molar-refractivity contribution in [2.45, 2.75) is 33.4 Å². The normalized spacial score (nSPS) is 11.9. The fourth-order valence-corrected chi connectivity index (χ4v) is 2.91. The number of benzene rings is 1. The summed E-state index contributed by atoms with van der Waals surface area (Å²) in [4.78, 5) is 18.6. The summed E-state index contributed by atoms with van der Waals surface area (Å²) in [6.45, 7) is 5.92. The monoisotopic (exact) mass is 399 g/mol. The van der Waals surface area contributed by atoms with Crippen molar-refractivity contribution < 1.29 is 14.1 Å². The van der Waals surface area contributed by atoms with Gasteiger partial charge >= 0.3 is 0 Å². The highest BCUT2D eigenvalue weighted by Gasteiger charge is 2.23. The Kier molecular flexibility index (Phi) is 5.99. The Bertz CT molecular complexity index is 949. The van der Waals surface area contributed by atoms with Gasteiger partial charge in [0.1, 0.15) is 12.4 Å². The molecule has 0 saturated carbocycles. The Labute approximate surface area is 169 Å². The van der Waals surface area contributed by atoms with Gasteiger partial charge in [0, 0.05) is 24.3 Å². The van der Waals surface area contributed by atoms with E-state index in [2.05, 4.69) is 10.1 Å². The average molecular weight is 400 g/mol. The molecule has 1 amide bonds. The zero-order valence-electron chi connectivity index (χ0n) is 16.3. The molecule has 0 N–H and O–H groups in total. The molecule has 2 heterocycles. The van der Waals surface area contributed by atoms with Gasteiger partial charge in [0.25, 0.3) is 5.91 Å². The van der Waals surface area contributed by atoms with Crippen molar-refractivity contribution in [3.05, 3.63) is 75.9 Å². The molecule has 0 unspecified atom stereocenters. The van der Waals surface area contributed by atoms with Crippen LogP contribution >= 0.6 is 11.6 Å². The maximum Gasteiger partial charge on any atom is 0.276 e. The molecule has 0 bridgehead atoms. The smallest absolute Gasteiger partial charge is 0.276 e. The number of ether oxygens (including phenoxy) is 1. The van der Waals surface area contributed by atoms with Crippen LogP contribution in [-0.4, -0.2) is 28.0 Å². The Balaban J connectivity index is 1.65. The molecule has 28 heavy (non-hydrogen) atoms. The van der Waals surface area contributed by atoms with Gasteiger partial charge in [-0.1, -0.05) is 22.8 Å². The van der Waals surface area contributed by atoms with Crippen molar-refractivity contribution in [2.75, 3.05) is 7.05 Å². The first-order valence-electron chi connectivity index (χ1n) is 8.90. The van der Waals surface area contributed by atoms with Gasteiger partial charge < -0.3 is 14.2 Å². The summed E-state index contributed by atoms with van der Waals surface area (Å²) in [5.41, 5.74) is 2.91. The minimum Gasteiger partial charge on any atom is -0.486 e. The van der Waals surface area contributed by atoms with Gasteiger partial charge in [0.05, 0.1) is 11.7 Å². The maximum absolute atomic E-state index is 12.7. The van der Waals surface area contributed by atoms with E-state index in [-0.39, 0.29) is 24.2 Å². The number of amides is 1. The van der Waals surface area contributed by atoms with E-state index in [1.165, 1.54) is 0 Å². The number of carbonyl (C=O) groups is 1. The molecule has 1 aromatic carbocycles. The summed E-state index contributed by atoms with van der Waals surface area (Å²) in [5, 5.41) is 4.61. The van der Waals surface area contributed by atoms with Crippen molar-refractivity contribution in [2.24, 2.45) is 0 Å². The fraction of sp³-hybridized carbons (Fsp3) is 0.286. The zero-order valence-corrected chi connectivity index (χ0v) is 17.0. The lowest BCUT2D eigenvalue weighted by atomic mass is 10.1. The molecule has 0 radical (unpaired) electrons. The maximum atomic E-state index is 12.7. The van der Waals surface area contributed by atoms with E-state index in [4.69, 9.17) is 20.9 Å². The number of carbonyl (C=O) groups excluding carboxylic acids is 1. The summed E-state index contributed by atoms with van der Waals surface area (Å²) in [6, 6.07) is 10.7. The SMILES string of the molecule is Cc1cc(OCc2cc(C(=O)N(C)[C@@H](C)c3ccccn3)no2)cc(C)c1Cl. The van der Waals surface area contributed by atoms with E-state index in [0.717, 1.165) is 21.8 Å². The first kappa shape index (κ1) is 19.9. The van der Waals surface area contributed by atoms with E-state index in [0.29, 0.717) is 11.5 Å². The molecular formula is C21H22ClN3O3. The van der Waals surface area contributed by atoms with E-state index in [1.807, 2.05) is 51.1 Å². The van der Waals surface area contributed by atoms with Crippen LogP contribution in [0.4, 0.5) is 0 Å². The van der Waals surface area contributed by atoms with Gasteiger partial charge in [-0.2, -0.15) is 0 Å². The topological polar surface area (TPSA) is 68.5 Å². The molecule has 0 aliphatic rings. The lowest BCUT2D eigenvalue weighted by Gasteiger charge is -2.23. The Morgan fingerprint density at radius 1 is 1.25 bits per heavy atom. The summed E-state index contributed by atoms with van der Waals surface area (Å²) >= 11 is 6.17. The van der Waals surface area contributed by atoms with Gasteiger partial charge in [-0.15, -0.1) is 0 Å². The van der Waals surface area contributed by atoms with E-state index in [1.54, 1.807) is 24.2 Å². The lowest BCUT2D eigenvalue weighted by molar-refractivity contribution is 0.0729. The second-order valence-electron chi connectivity index (χ2n) is 6.68. The molecule has 1 atom stereocenters. The third-order valence-electron chi connectivity index (χ3n) is 4.59. The first-order chi connectivity index (χ1) is 13.4. The summed E-state index contributed by atoms with van der Waals surface area (Å²) < 4.78 is 11.0. The predicted molar refractivity (Wildman–Crippen MR) is 107 cm³/mol. The first-order valence-corrected chi connectivity index (χ1v) is 9.28. The number of rotatable bonds is 6.